The first-order valence-corrected chi connectivity index (χ1v) is 7.09. The Labute approximate surface area is 129 Å². The van der Waals surface area contributed by atoms with Crippen LogP contribution in [0.5, 0.6) is 0 Å². The minimum absolute atomic E-state index is 0.294. The van der Waals surface area contributed by atoms with Crippen LogP contribution < -0.4 is 5.73 Å². The van der Waals surface area contributed by atoms with E-state index in [1.54, 1.807) is 0 Å². The molecule has 0 amide bonds. The average molecular weight is 350 g/mol. The molecule has 1 aromatic heterocycles. The van der Waals surface area contributed by atoms with Crippen molar-refractivity contribution >= 4 is 33.4 Å². The van der Waals surface area contributed by atoms with Crippen molar-refractivity contribution in [3.8, 4) is 22.4 Å². The van der Waals surface area contributed by atoms with Crippen LogP contribution in [0.3, 0.4) is 0 Å². The van der Waals surface area contributed by atoms with Crippen LogP contribution in [-0.4, -0.2) is 5.16 Å². The van der Waals surface area contributed by atoms with Gasteiger partial charge in [0, 0.05) is 15.1 Å². The molecule has 0 unspecified atom stereocenters. The SMILES string of the molecule is Nc1onc(-c2cccc(Br)c2)c1-c1ccc(Cl)cc1. The van der Waals surface area contributed by atoms with E-state index in [2.05, 4.69) is 21.1 Å². The first kappa shape index (κ1) is 13.2. The molecule has 2 N–H and O–H groups in total. The van der Waals surface area contributed by atoms with Gasteiger partial charge in [0.2, 0.25) is 5.88 Å². The molecule has 0 spiro atoms. The van der Waals surface area contributed by atoms with Crippen LogP contribution in [0, 0.1) is 0 Å². The van der Waals surface area contributed by atoms with Gasteiger partial charge < -0.3 is 10.3 Å². The summed E-state index contributed by atoms with van der Waals surface area (Å²) in [6.45, 7) is 0. The smallest absolute Gasteiger partial charge is 0.230 e. The molecule has 3 rings (SSSR count). The number of hydrogen-bond acceptors (Lipinski definition) is 3. The van der Waals surface area contributed by atoms with Crippen LogP contribution in [0.2, 0.25) is 5.02 Å². The standard InChI is InChI=1S/C15H10BrClN2O/c16-11-3-1-2-10(8-11)14-13(15(18)20-19-14)9-4-6-12(17)7-5-9/h1-8H,18H2. The quantitative estimate of drug-likeness (QED) is 0.708. The molecule has 2 aromatic carbocycles. The predicted octanol–water partition coefficient (Wildman–Crippen LogP) is 5.01. The molecule has 0 aliphatic rings. The molecule has 0 saturated carbocycles. The van der Waals surface area contributed by atoms with Crippen LogP contribution in [-0.2, 0) is 0 Å². The lowest BCUT2D eigenvalue weighted by Gasteiger charge is -2.03. The van der Waals surface area contributed by atoms with Gasteiger partial charge in [-0.25, -0.2) is 0 Å². The van der Waals surface area contributed by atoms with Crippen molar-refractivity contribution in [2.45, 2.75) is 0 Å². The Morgan fingerprint density at radius 1 is 1.05 bits per heavy atom. The average Bonchev–Trinajstić information content (AvgIpc) is 2.82. The number of rotatable bonds is 2. The second-order valence-electron chi connectivity index (χ2n) is 4.29. The van der Waals surface area contributed by atoms with Gasteiger partial charge in [-0.3, -0.25) is 0 Å². The molecule has 0 fully saturated rings. The molecule has 20 heavy (non-hydrogen) atoms. The van der Waals surface area contributed by atoms with Crippen molar-refractivity contribution in [1.82, 2.24) is 5.16 Å². The Morgan fingerprint density at radius 2 is 1.80 bits per heavy atom. The number of halogens is 2. The van der Waals surface area contributed by atoms with Crippen molar-refractivity contribution in [3.63, 3.8) is 0 Å². The van der Waals surface area contributed by atoms with E-state index in [9.17, 15) is 0 Å². The van der Waals surface area contributed by atoms with Crippen molar-refractivity contribution in [2.24, 2.45) is 0 Å². The normalized spacial score (nSPS) is 10.7. The van der Waals surface area contributed by atoms with E-state index in [-0.39, 0.29) is 0 Å². The third kappa shape index (κ3) is 2.44. The fourth-order valence-corrected chi connectivity index (χ4v) is 2.56. The second kappa shape index (κ2) is 5.31. The number of benzene rings is 2. The van der Waals surface area contributed by atoms with Gasteiger partial charge in [0.15, 0.2) is 0 Å². The van der Waals surface area contributed by atoms with Gasteiger partial charge in [-0.15, -0.1) is 0 Å². The van der Waals surface area contributed by atoms with Crippen molar-refractivity contribution in [1.29, 1.82) is 0 Å². The van der Waals surface area contributed by atoms with Gasteiger partial charge in [-0.1, -0.05) is 57.0 Å². The van der Waals surface area contributed by atoms with Crippen molar-refractivity contribution < 1.29 is 4.52 Å². The molecule has 0 atom stereocenters. The van der Waals surface area contributed by atoms with Crippen molar-refractivity contribution in [3.05, 3.63) is 58.0 Å². The number of aromatic nitrogens is 1. The summed E-state index contributed by atoms with van der Waals surface area (Å²) >= 11 is 9.36. The van der Waals surface area contributed by atoms with E-state index < -0.39 is 0 Å². The van der Waals surface area contributed by atoms with Gasteiger partial charge in [-0.05, 0) is 29.8 Å². The highest BCUT2D eigenvalue weighted by atomic mass is 79.9. The summed E-state index contributed by atoms with van der Waals surface area (Å²) in [5, 5.41) is 4.75. The molecular formula is C15H10BrClN2O. The molecule has 100 valence electrons. The number of nitrogens with zero attached hydrogens (tertiary/aromatic N) is 1. The summed E-state index contributed by atoms with van der Waals surface area (Å²) in [5.41, 5.74) is 9.26. The third-order valence-electron chi connectivity index (χ3n) is 2.95. The molecule has 3 nitrogen and oxygen atoms in total. The second-order valence-corrected chi connectivity index (χ2v) is 5.64. The zero-order chi connectivity index (χ0) is 14.1. The lowest BCUT2D eigenvalue weighted by molar-refractivity contribution is 0.439. The van der Waals surface area contributed by atoms with E-state index in [0.29, 0.717) is 16.6 Å². The van der Waals surface area contributed by atoms with E-state index in [1.807, 2.05) is 48.5 Å². The van der Waals surface area contributed by atoms with Gasteiger partial charge in [0.1, 0.15) is 5.69 Å². The largest absolute Gasteiger partial charge is 0.367 e. The highest BCUT2D eigenvalue weighted by Crippen LogP contribution is 2.37. The number of anilines is 1. The molecule has 5 heteroatoms. The Hall–Kier alpha value is -1.78. The number of nitrogen functional groups attached to an aromatic ring is 1. The molecule has 3 aromatic rings. The summed E-state index contributed by atoms with van der Waals surface area (Å²) in [6, 6.07) is 15.2. The van der Waals surface area contributed by atoms with Gasteiger partial charge in [-0.2, -0.15) is 0 Å². The maximum Gasteiger partial charge on any atom is 0.230 e. The number of nitrogens with two attached hydrogens (primary N) is 1. The van der Waals surface area contributed by atoms with Crippen LogP contribution in [0.25, 0.3) is 22.4 Å². The summed E-state index contributed by atoms with van der Waals surface area (Å²) < 4.78 is 6.13. The zero-order valence-corrected chi connectivity index (χ0v) is 12.6. The van der Waals surface area contributed by atoms with E-state index in [4.69, 9.17) is 21.9 Å². The summed E-state index contributed by atoms with van der Waals surface area (Å²) in [6.07, 6.45) is 0. The lowest BCUT2D eigenvalue weighted by Crippen LogP contribution is -1.87. The first-order chi connectivity index (χ1) is 9.65. The number of hydrogen-bond donors (Lipinski definition) is 1. The summed E-state index contributed by atoms with van der Waals surface area (Å²) in [7, 11) is 0. The van der Waals surface area contributed by atoms with Crippen LogP contribution in [0.4, 0.5) is 5.88 Å². The minimum atomic E-state index is 0.294. The minimum Gasteiger partial charge on any atom is -0.367 e. The molecule has 0 radical (unpaired) electrons. The van der Waals surface area contributed by atoms with Crippen LogP contribution in [0.15, 0.2) is 57.5 Å². The Kier molecular flexibility index (Phi) is 3.51. The maximum absolute atomic E-state index is 5.91. The monoisotopic (exact) mass is 348 g/mol. The Morgan fingerprint density at radius 3 is 2.50 bits per heavy atom. The van der Waals surface area contributed by atoms with Crippen LogP contribution in [0.1, 0.15) is 0 Å². The molecule has 0 aliphatic carbocycles. The zero-order valence-electron chi connectivity index (χ0n) is 10.3. The maximum atomic E-state index is 5.91. The lowest BCUT2D eigenvalue weighted by atomic mass is 10.0. The Bertz CT molecular complexity index is 753. The van der Waals surface area contributed by atoms with Gasteiger partial charge in [0.25, 0.3) is 0 Å². The highest BCUT2D eigenvalue weighted by Gasteiger charge is 2.17. The van der Waals surface area contributed by atoms with E-state index >= 15 is 0 Å². The molecule has 0 bridgehead atoms. The fourth-order valence-electron chi connectivity index (χ4n) is 2.03. The van der Waals surface area contributed by atoms with E-state index in [0.717, 1.165) is 21.2 Å². The summed E-state index contributed by atoms with van der Waals surface area (Å²) in [5.74, 6) is 0.294. The predicted molar refractivity (Wildman–Crippen MR) is 84.5 cm³/mol. The molecule has 0 saturated heterocycles. The highest BCUT2D eigenvalue weighted by molar-refractivity contribution is 9.10. The fraction of sp³-hybridized carbons (Fsp3) is 0. The molecule has 0 aliphatic heterocycles. The van der Waals surface area contributed by atoms with Gasteiger partial charge >= 0.3 is 0 Å². The summed E-state index contributed by atoms with van der Waals surface area (Å²) in [4.78, 5) is 0. The topological polar surface area (TPSA) is 52.0 Å². The van der Waals surface area contributed by atoms with Crippen LogP contribution >= 0.6 is 27.5 Å². The first-order valence-electron chi connectivity index (χ1n) is 5.92. The molecule has 1 heterocycles. The van der Waals surface area contributed by atoms with Crippen molar-refractivity contribution in [2.75, 3.05) is 5.73 Å². The third-order valence-corrected chi connectivity index (χ3v) is 3.69. The molecular weight excluding hydrogens is 340 g/mol. The van der Waals surface area contributed by atoms with Gasteiger partial charge in [0.05, 0.1) is 5.56 Å². The van der Waals surface area contributed by atoms with E-state index in [1.165, 1.54) is 0 Å². The Balaban J connectivity index is 2.17.